The van der Waals surface area contributed by atoms with Crippen LogP contribution in [0, 0.1) is 0 Å². The lowest BCUT2D eigenvalue weighted by Crippen LogP contribution is -1.88. The molecule has 2 nitrogen and oxygen atoms in total. The summed E-state index contributed by atoms with van der Waals surface area (Å²) in [6.07, 6.45) is 6.62. The molecule has 3 heteroatoms. The quantitative estimate of drug-likeness (QED) is 0.741. The van der Waals surface area contributed by atoms with Crippen molar-refractivity contribution in [3.05, 3.63) is 52.6 Å². The Kier molecular flexibility index (Phi) is 2.19. The Hall–Kier alpha value is -1.48. The average molecular weight is 192 g/mol. The number of aliphatic hydroxyl groups excluding tert-OH is 1. The van der Waals surface area contributed by atoms with Crippen molar-refractivity contribution >= 4 is 17.1 Å². The van der Waals surface area contributed by atoms with Crippen LogP contribution in [0.4, 0.5) is 0 Å². The molecule has 1 aliphatic heterocycles. The lowest BCUT2D eigenvalue weighted by atomic mass is 10.2. The maximum atomic E-state index is 9.55. The number of allylic oxidation sites excluding steroid dienone is 3. The molecule has 0 radical (unpaired) electrons. The van der Waals surface area contributed by atoms with E-state index in [2.05, 4.69) is 0 Å². The predicted molar refractivity (Wildman–Crippen MR) is 53.2 cm³/mol. The minimum Gasteiger partial charge on any atom is -0.504 e. The number of hydrogen-bond acceptors (Lipinski definition) is 3. The molecule has 66 valence electrons. The first-order valence-electron chi connectivity index (χ1n) is 3.83. The maximum Gasteiger partial charge on any atom is 0.176 e. The van der Waals surface area contributed by atoms with Gasteiger partial charge in [-0.1, -0.05) is 6.08 Å². The smallest absolute Gasteiger partial charge is 0.176 e. The Morgan fingerprint density at radius 3 is 3.00 bits per heavy atom. The summed E-state index contributed by atoms with van der Waals surface area (Å²) < 4.78 is 5.25. The van der Waals surface area contributed by atoms with Crippen LogP contribution in [0.2, 0.25) is 0 Å². The zero-order chi connectivity index (χ0) is 9.10. The van der Waals surface area contributed by atoms with Crippen LogP contribution in [0.1, 0.15) is 5.56 Å². The monoisotopic (exact) mass is 192 g/mol. The molecular formula is C10H8O2S. The van der Waals surface area contributed by atoms with Crippen molar-refractivity contribution in [1.82, 2.24) is 0 Å². The summed E-state index contributed by atoms with van der Waals surface area (Å²) >= 11 is 1.57. The molecule has 2 rings (SSSR count). The summed E-state index contributed by atoms with van der Waals surface area (Å²) in [5, 5.41) is 13.4. The molecule has 1 N–H and O–H groups in total. The van der Waals surface area contributed by atoms with Crippen molar-refractivity contribution < 1.29 is 9.84 Å². The number of rotatable bonds is 1. The first-order valence-corrected chi connectivity index (χ1v) is 4.78. The molecule has 13 heavy (non-hydrogen) atoms. The van der Waals surface area contributed by atoms with Gasteiger partial charge in [-0.15, -0.1) is 0 Å². The number of aliphatic hydroxyl groups is 1. The second-order valence-corrected chi connectivity index (χ2v) is 3.31. The molecule has 0 amide bonds. The van der Waals surface area contributed by atoms with Gasteiger partial charge in [0, 0.05) is 10.9 Å². The molecular weight excluding hydrogens is 184 g/mol. The van der Waals surface area contributed by atoms with Crippen molar-refractivity contribution in [2.24, 2.45) is 0 Å². The van der Waals surface area contributed by atoms with Gasteiger partial charge in [-0.2, -0.15) is 11.3 Å². The van der Waals surface area contributed by atoms with E-state index >= 15 is 0 Å². The molecule has 0 bridgehead atoms. The lowest BCUT2D eigenvalue weighted by molar-refractivity contribution is 0.377. The summed E-state index contributed by atoms with van der Waals surface area (Å²) in [5.41, 5.74) is 0.902. The Morgan fingerprint density at radius 1 is 1.31 bits per heavy atom. The summed E-state index contributed by atoms with van der Waals surface area (Å²) in [4.78, 5) is 0. The van der Waals surface area contributed by atoms with Crippen molar-refractivity contribution in [1.29, 1.82) is 0 Å². The standard InChI is InChI=1S/C10H8O2S/c11-9-3-1-2-5-12-10(9)8-4-6-13-7-8/h1-7,11H. The van der Waals surface area contributed by atoms with Gasteiger partial charge in [-0.05, 0) is 23.6 Å². The van der Waals surface area contributed by atoms with Crippen LogP contribution in [0.3, 0.4) is 0 Å². The molecule has 2 heterocycles. The van der Waals surface area contributed by atoms with Crippen molar-refractivity contribution in [2.45, 2.75) is 0 Å². The van der Waals surface area contributed by atoms with E-state index in [1.54, 1.807) is 35.8 Å². The fourth-order valence-electron chi connectivity index (χ4n) is 1.05. The van der Waals surface area contributed by atoms with Gasteiger partial charge in [0.1, 0.15) is 0 Å². The number of hydrogen-bond donors (Lipinski definition) is 1. The molecule has 0 aliphatic carbocycles. The Balaban J connectivity index is 2.42. The van der Waals surface area contributed by atoms with Gasteiger partial charge in [-0.3, -0.25) is 0 Å². The highest BCUT2D eigenvalue weighted by molar-refractivity contribution is 7.08. The fourth-order valence-corrected chi connectivity index (χ4v) is 1.68. The van der Waals surface area contributed by atoms with E-state index in [9.17, 15) is 5.11 Å². The van der Waals surface area contributed by atoms with Crippen LogP contribution in [-0.4, -0.2) is 5.11 Å². The molecule has 0 saturated carbocycles. The van der Waals surface area contributed by atoms with Gasteiger partial charge in [0.15, 0.2) is 11.5 Å². The van der Waals surface area contributed by atoms with Crippen LogP contribution < -0.4 is 0 Å². The van der Waals surface area contributed by atoms with Gasteiger partial charge < -0.3 is 9.84 Å². The molecule has 0 saturated heterocycles. The predicted octanol–water partition coefficient (Wildman–Crippen LogP) is 3.07. The minimum atomic E-state index is 0.156. The van der Waals surface area contributed by atoms with Crippen molar-refractivity contribution in [3.63, 3.8) is 0 Å². The molecule has 1 aromatic rings. The van der Waals surface area contributed by atoms with Crippen LogP contribution in [-0.2, 0) is 4.74 Å². The van der Waals surface area contributed by atoms with E-state index in [-0.39, 0.29) is 5.76 Å². The highest BCUT2D eigenvalue weighted by Crippen LogP contribution is 2.23. The van der Waals surface area contributed by atoms with Crippen molar-refractivity contribution in [2.75, 3.05) is 0 Å². The third-order valence-electron chi connectivity index (χ3n) is 1.65. The van der Waals surface area contributed by atoms with E-state index in [4.69, 9.17) is 4.74 Å². The van der Waals surface area contributed by atoms with E-state index in [0.717, 1.165) is 5.56 Å². The summed E-state index contributed by atoms with van der Waals surface area (Å²) in [6, 6.07) is 1.91. The Morgan fingerprint density at radius 2 is 2.23 bits per heavy atom. The van der Waals surface area contributed by atoms with E-state index in [1.807, 2.05) is 16.8 Å². The minimum absolute atomic E-state index is 0.156. The molecule has 0 unspecified atom stereocenters. The highest BCUT2D eigenvalue weighted by atomic mass is 32.1. The molecule has 0 aromatic carbocycles. The van der Waals surface area contributed by atoms with Gasteiger partial charge >= 0.3 is 0 Å². The van der Waals surface area contributed by atoms with Crippen LogP contribution in [0.15, 0.2) is 47.1 Å². The van der Waals surface area contributed by atoms with Gasteiger partial charge in [0.25, 0.3) is 0 Å². The first kappa shape index (κ1) is 8.13. The van der Waals surface area contributed by atoms with E-state index in [1.165, 1.54) is 0 Å². The zero-order valence-electron chi connectivity index (χ0n) is 6.81. The lowest BCUT2D eigenvalue weighted by Gasteiger charge is -2.03. The van der Waals surface area contributed by atoms with Crippen LogP contribution in [0.5, 0.6) is 0 Å². The van der Waals surface area contributed by atoms with Gasteiger partial charge in [-0.25, -0.2) is 0 Å². The van der Waals surface area contributed by atoms with Crippen LogP contribution >= 0.6 is 11.3 Å². The zero-order valence-corrected chi connectivity index (χ0v) is 7.62. The average Bonchev–Trinajstić information content (AvgIpc) is 2.56. The van der Waals surface area contributed by atoms with Gasteiger partial charge in [0.05, 0.1) is 6.26 Å². The Bertz CT molecular complexity index is 372. The van der Waals surface area contributed by atoms with E-state index in [0.29, 0.717) is 5.76 Å². The van der Waals surface area contributed by atoms with Crippen LogP contribution in [0.25, 0.3) is 5.76 Å². The maximum absolute atomic E-state index is 9.55. The highest BCUT2D eigenvalue weighted by Gasteiger charge is 2.08. The SMILES string of the molecule is OC1=C(c2ccsc2)OC=CC=C1. The molecule has 0 spiro atoms. The third kappa shape index (κ3) is 1.65. The summed E-state index contributed by atoms with van der Waals surface area (Å²) in [5.74, 6) is 0.662. The number of ether oxygens (including phenoxy) is 1. The largest absolute Gasteiger partial charge is 0.504 e. The third-order valence-corrected chi connectivity index (χ3v) is 2.33. The first-order chi connectivity index (χ1) is 6.38. The van der Waals surface area contributed by atoms with Crippen molar-refractivity contribution in [3.8, 4) is 0 Å². The number of thiophene rings is 1. The summed E-state index contributed by atoms with van der Waals surface area (Å²) in [6.45, 7) is 0. The van der Waals surface area contributed by atoms with Gasteiger partial charge in [0.2, 0.25) is 0 Å². The normalized spacial score (nSPS) is 15.7. The summed E-state index contributed by atoms with van der Waals surface area (Å²) in [7, 11) is 0. The second-order valence-electron chi connectivity index (χ2n) is 2.53. The Labute approximate surface area is 80.1 Å². The second kappa shape index (κ2) is 3.49. The molecule has 1 aliphatic rings. The molecule has 0 fully saturated rings. The molecule has 0 atom stereocenters. The topological polar surface area (TPSA) is 29.5 Å². The fraction of sp³-hybridized carbons (Fsp3) is 0. The molecule has 1 aromatic heterocycles. The van der Waals surface area contributed by atoms with E-state index < -0.39 is 0 Å².